The normalized spacial score (nSPS) is 25.3. The number of pyridine rings is 1. The van der Waals surface area contributed by atoms with E-state index in [4.69, 9.17) is 5.73 Å². The smallest absolute Gasteiger partial charge is 0.125 e. The molecule has 3 N–H and O–H groups in total. The Balaban J connectivity index is 1.86. The third kappa shape index (κ3) is 2.87. The Kier molecular flexibility index (Phi) is 3.65. The topological polar surface area (TPSA) is 50.9 Å². The lowest BCUT2D eigenvalue weighted by Crippen LogP contribution is -2.24. The molecule has 1 saturated carbocycles. The molecule has 1 heterocycles. The van der Waals surface area contributed by atoms with E-state index in [0.29, 0.717) is 5.82 Å². The maximum absolute atomic E-state index is 5.64. The number of rotatable bonds is 3. The molecule has 1 aromatic rings. The predicted molar refractivity (Wildman–Crippen MR) is 68.3 cm³/mol. The second-order valence-corrected chi connectivity index (χ2v) is 4.87. The Hall–Kier alpha value is -1.25. The highest BCUT2D eigenvalue weighted by Gasteiger charge is 2.20. The van der Waals surface area contributed by atoms with Crippen LogP contribution in [0.4, 0.5) is 11.5 Å². The van der Waals surface area contributed by atoms with Gasteiger partial charge in [0.05, 0.1) is 0 Å². The van der Waals surface area contributed by atoms with Crippen molar-refractivity contribution >= 4 is 11.5 Å². The van der Waals surface area contributed by atoms with Crippen LogP contribution >= 0.6 is 0 Å². The van der Waals surface area contributed by atoms with Crippen molar-refractivity contribution in [3.8, 4) is 0 Å². The van der Waals surface area contributed by atoms with Gasteiger partial charge in [-0.15, -0.1) is 0 Å². The number of hydrogen-bond donors (Lipinski definition) is 2. The highest BCUT2D eigenvalue weighted by molar-refractivity contribution is 5.49. The highest BCUT2D eigenvalue weighted by atomic mass is 14.9. The fourth-order valence-electron chi connectivity index (χ4n) is 2.50. The average Bonchev–Trinajstić information content (AvgIpc) is 2.28. The summed E-state index contributed by atoms with van der Waals surface area (Å²) >= 11 is 0. The maximum Gasteiger partial charge on any atom is 0.125 e. The molecule has 3 nitrogen and oxygen atoms in total. The van der Waals surface area contributed by atoms with Crippen LogP contribution in [0.3, 0.4) is 0 Å². The maximum atomic E-state index is 5.64. The van der Waals surface area contributed by atoms with E-state index < -0.39 is 0 Å². The lowest BCUT2D eigenvalue weighted by molar-refractivity contribution is 0.268. The fraction of sp³-hybridized carbons (Fsp3) is 0.615. The second kappa shape index (κ2) is 5.19. The van der Waals surface area contributed by atoms with Gasteiger partial charge in [-0.25, -0.2) is 4.98 Å². The third-order valence-corrected chi connectivity index (χ3v) is 3.64. The highest BCUT2D eigenvalue weighted by Crippen LogP contribution is 2.29. The number of nitrogens with one attached hydrogen (secondary N) is 1. The molecule has 16 heavy (non-hydrogen) atoms. The molecule has 0 aromatic carbocycles. The van der Waals surface area contributed by atoms with E-state index in [0.717, 1.165) is 24.1 Å². The van der Waals surface area contributed by atoms with E-state index in [-0.39, 0.29) is 0 Å². The summed E-state index contributed by atoms with van der Waals surface area (Å²) in [6.07, 6.45) is 7.27. The standard InChI is InChI=1S/C13H21N3/c1-10-4-2-3-5-11(10)9-16-12-6-7-15-13(14)8-12/h6-8,10-11H,2-5,9H2,1H3,(H3,14,15,16). The van der Waals surface area contributed by atoms with Crippen LogP contribution in [-0.4, -0.2) is 11.5 Å². The Labute approximate surface area is 97.5 Å². The first kappa shape index (κ1) is 11.2. The van der Waals surface area contributed by atoms with Crippen LogP contribution in [0.25, 0.3) is 0 Å². The van der Waals surface area contributed by atoms with Gasteiger partial charge in [-0.05, 0) is 24.3 Å². The Morgan fingerprint density at radius 2 is 2.25 bits per heavy atom. The molecule has 1 fully saturated rings. The molecule has 1 aliphatic rings. The molecule has 0 aliphatic heterocycles. The summed E-state index contributed by atoms with van der Waals surface area (Å²) in [6, 6.07) is 3.87. The van der Waals surface area contributed by atoms with Gasteiger partial charge in [0.2, 0.25) is 0 Å². The summed E-state index contributed by atoms with van der Waals surface area (Å²) in [7, 11) is 0. The number of aromatic nitrogens is 1. The van der Waals surface area contributed by atoms with Crippen LogP contribution in [-0.2, 0) is 0 Å². The van der Waals surface area contributed by atoms with E-state index in [1.165, 1.54) is 25.7 Å². The van der Waals surface area contributed by atoms with Crippen LogP contribution in [0.5, 0.6) is 0 Å². The van der Waals surface area contributed by atoms with Gasteiger partial charge >= 0.3 is 0 Å². The SMILES string of the molecule is CC1CCCCC1CNc1ccnc(N)c1. The molecular weight excluding hydrogens is 198 g/mol. The predicted octanol–water partition coefficient (Wildman–Crippen LogP) is 2.90. The summed E-state index contributed by atoms with van der Waals surface area (Å²) in [4.78, 5) is 3.99. The van der Waals surface area contributed by atoms with E-state index in [1.54, 1.807) is 6.20 Å². The first-order valence-electron chi connectivity index (χ1n) is 6.21. The van der Waals surface area contributed by atoms with Gasteiger partial charge in [-0.2, -0.15) is 0 Å². The zero-order valence-corrected chi connectivity index (χ0v) is 9.95. The van der Waals surface area contributed by atoms with Gasteiger partial charge in [0, 0.05) is 24.5 Å². The minimum atomic E-state index is 0.585. The van der Waals surface area contributed by atoms with Crippen molar-refractivity contribution < 1.29 is 0 Å². The Morgan fingerprint density at radius 1 is 1.44 bits per heavy atom. The number of hydrogen-bond acceptors (Lipinski definition) is 3. The molecule has 88 valence electrons. The van der Waals surface area contributed by atoms with Gasteiger partial charge in [-0.3, -0.25) is 0 Å². The van der Waals surface area contributed by atoms with Crippen LogP contribution < -0.4 is 11.1 Å². The van der Waals surface area contributed by atoms with Crippen molar-refractivity contribution in [1.82, 2.24) is 4.98 Å². The van der Waals surface area contributed by atoms with Gasteiger partial charge in [0.25, 0.3) is 0 Å². The minimum Gasteiger partial charge on any atom is -0.385 e. The van der Waals surface area contributed by atoms with E-state index in [2.05, 4.69) is 17.2 Å². The lowest BCUT2D eigenvalue weighted by Gasteiger charge is -2.29. The van der Waals surface area contributed by atoms with E-state index in [1.807, 2.05) is 12.1 Å². The molecule has 0 spiro atoms. The first-order chi connectivity index (χ1) is 7.75. The lowest BCUT2D eigenvalue weighted by atomic mass is 9.80. The average molecular weight is 219 g/mol. The molecule has 0 bridgehead atoms. The first-order valence-corrected chi connectivity index (χ1v) is 6.21. The molecule has 2 unspecified atom stereocenters. The molecular formula is C13H21N3. The van der Waals surface area contributed by atoms with Gasteiger partial charge < -0.3 is 11.1 Å². The van der Waals surface area contributed by atoms with Gasteiger partial charge in [-0.1, -0.05) is 26.2 Å². The van der Waals surface area contributed by atoms with Gasteiger partial charge in [0.15, 0.2) is 0 Å². The van der Waals surface area contributed by atoms with Gasteiger partial charge in [0.1, 0.15) is 5.82 Å². The second-order valence-electron chi connectivity index (χ2n) is 4.87. The Bertz CT molecular complexity index is 338. The quantitative estimate of drug-likeness (QED) is 0.821. The zero-order valence-electron chi connectivity index (χ0n) is 9.95. The fourth-order valence-corrected chi connectivity index (χ4v) is 2.50. The van der Waals surface area contributed by atoms with E-state index >= 15 is 0 Å². The largest absolute Gasteiger partial charge is 0.385 e. The number of anilines is 2. The molecule has 0 saturated heterocycles. The van der Waals surface area contributed by atoms with E-state index in [9.17, 15) is 0 Å². The molecule has 1 aromatic heterocycles. The minimum absolute atomic E-state index is 0.585. The molecule has 2 rings (SSSR count). The number of nitrogen functional groups attached to an aromatic ring is 1. The Morgan fingerprint density at radius 3 is 3.00 bits per heavy atom. The third-order valence-electron chi connectivity index (χ3n) is 3.64. The molecule has 3 heteroatoms. The van der Waals surface area contributed by atoms with Crippen LogP contribution in [0.2, 0.25) is 0 Å². The molecule has 0 amide bonds. The van der Waals surface area contributed by atoms with Crippen molar-refractivity contribution in [2.45, 2.75) is 32.6 Å². The summed E-state index contributed by atoms with van der Waals surface area (Å²) in [6.45, 7) is 3.43. The van der Waals surface area contributed by atoms with Crippen LogP contribution in [0, 0.1) is 11.8 Å². The van der Waals surface area contributed by atoms with Crippen LogP contribution in [0.15, 0.2) is 18.3 Å². The van der Waals surface area contributed by atoms with Crippen molar-refractivity contribution in [3.63, 3.8) is 0 Å². The number of nitrogens with zero attached hydrogens (tertiary/aromatic N) is 1. The monoisotopic (exact) mass is 219 g/mol. The number of nitrogens with two attached hydrogens (primary N) is 1. The van der Waals surface area contributed by atoms with Crippen LogP contribution in [0.1, 0.15) is 32.6 Å². The van der Waals surface area contributed by atoms with Crippen molar-refractivity contribution in [3.05, 3.63) is 18.3 Å². The zero-order chi connectivity index (χ0) is 11.4. The summed E-state index contributed by atoms with van der Waals surface area (Å²) in [5, 5.41) is 3.47. The summed E-state index contributed by atoms with van der Waals surface area (Å²) in [5.74, 6) is 2.24. The molecule has 0 radical (unpaired) electrons. The van der Waals surface area contributed by atoms with Crippen molar-refractivity contribution in [2.75, 3.05) is 17.6 Å². The van der Waals surface area contributed by atoms with Crippen molar-refractivity contribution in [2.24, 2.45) is 11.8 Å². The summed E-state index contributed by atoms with van der Waals surface area (Å²) in [5.41, 5.74) is 6.73. The molecule has 1 aliphatic carbocycles. The van der Waals surface area contributed by atoms with Crippen molar-refractivity contribution in [1.29, 1.82) is 0 Å². The molecule has 2 atom stereocenters. The summed E-state index contributed by atoms with van der Waals surface area (Å²) < 4.78 is 0.